The minimum atomic E-state index is 1.19. The van der Waals surface area contributed by atoms with Crippen molar-refractivity contribution < 1.29 is 0 Å². The predicted octanol–water partition coefficient (Wildman–Crippen LogP) is 8.30. The van der Waals surface area contributed by atoms with Crippen molar-refractivity contribution in [2.75, 3.05) is 0 Å². The molecular weight excluding hydrogens is 350 g/mol. The normalized spacial score (nSPS) is 10.8. The van der Waals surface area contributed by atoms with Gasteiger partial charge in [0, 0.05) is 21.9 Å². The number of benzene rings is 4. The number of para-hydroxylation sites is 2. The van der Waals surface area contributed by atoms with Crippen molar-refractivity contribution in [1.82, 2.24) is 4.98 Å². The van der Waals surface area contributed by atoms with Crippen molar-refractivity contribution in [3.05, 3.63) is 96.1 Å². The van der Waals surface area contributed by atoms with Gasteiger partial charge in [-0.3, -0.25) is 0 Å². The van der Waals surface area contributed by atoms with Crippen LogP contribution in [-0.2, 0) is 0 Å². The maximum atomic E-state index is 3.64. The van der Waals surface area contributed by atoms with Crippen LogP contribution in [0.15, 0.2) is 84.9 Å². The molecule has 1 heterocycles. The number of hydrogen-bond acceptors (Lipinski definition) is 0. The minimum absolute atomic E-state index is 1.19. The van der Waals surface area contributed by atoms with E-state index in [1.165, 1.54) is 55.2 Å². The SMILES string of the molecule is CC.Cc1ccccc1-c1cccc(-c2cccc3c2[nH]c2ccccc23)c1C. The second kappa shape index (κ2) is 7.97. The molecule has 0 unspecified atom stereocenters. The predicted molar refractivity (Wildman–Crippen MR) is 127 cm³/mol. The topological polar surface area (TPSA) is 15.8 Å². The molecule has 0 atom stereocenters. The second-order valence-corrected chi connectivity index (χ2v) is 7.19. The molecule has 5 rings (SSSR count). The molecule has 0 aliphatic carbocycles. The molecule has 5 aromatic rings. The molecule has 0 fully saturated rings. The van der Waals surface area contributed by atoms with E-state index in [4.69, 9.17) is 0 Å². The molecule has 0 amide bonds. The molecule has 0 aliphatic rings. The first-order valence-corrected chi connectivity index (χ1v) is 10.4. The fraction of sp³-hybridized carbons (Fsp3) is 0.143. The summed E-state index contributed by atoms with van der Waals surface area (Å²) in [4.78, 5) is 3.64. The van der Waals surface area contributed by atoms with Gasteiger partial charge in [0.1, 0.15) is 0 Å². The highest BCUT2D eigenvalue weighted by Crippen LogP contribution is 2.37. The molecule has 1 nitrogen and oxygen atoms in total. The lowest BCUT2D eigenvalue weighted by atomic mass is 9.90. The molecule has 4 aromatic carbocycles. The van der Waals surface area contributed by atoms with E-state index in [1.54, 1.807) is 0 Å². The van der Waals surface area contributed by atoms with E-state index in [0.717, 1.165) is 0 Å². The Balaban J connectivity index is 0.000000994. The number of aryl methyl sites for hydroxylation is 1. The third-order valence-corrected chi connectivity index (χ3v) is 5.60. The largest absolute Gasteiger partial charge is 0.354 e. The lowest BCUT2D eigenvalue weighted by Gasteiger charge is -2.14. The van der Waals surface area contributed by atoms with Crippen LogP contribution in [0.25, 0.3) is 44.1 Å². The standard InChI is InChI=1S/C26H21N.C2H6/c1-17-9-3-4-10-19(17)20-12-7-13-21(18(20)2)23-14-8-15-24-22-11-5-6-16-25(22)27-26(23)24;1-2/h3-16,27H,1-2H3;1-2H3. The van der Waals surface area contributed by atoms with Crippen LogP contribution in [0.2, 0.25) is 0 Å². The van der Waals surface area contributed by atoms with Crippen molar-refractivity contribution in [2.45, 2.75) is 27.7 Å². The molecule has 29 heavy (non-hydrogen) atoms. The highest BCUT2D eigenvalue weighted by molar-refractivity contribution is 6.12. The van der Waals surface area contributed by atoms with Gasteiger partial charge in [0.05, 0.1) is 5.52 Å². The summed E-state index contributed by atoms with van der Waals surface area (Å²) in [5.41, 5.74) is 10.2. The Labute approximate surface area is 173 Å². The van der Waals surface area contributed by atoms with Crippen LogP contribution in [-0.4, -0.2) is 4.98 Å². The van der Waals surface area contributed by atoms with Crippen molar-refractivity contribution in [2.24, 2.45) is 0 Å². The molecule has 1 heteroatoms. The van der Waals surface area contributed by atoms with Crippen LogP contribution in [0.3, 0.4) is 0 Å². The maximum absolute atomic E-state index is 3.64. The molecule has 1 aromatic heterocycles. The molecule has 0 radical (unpaired) electrons. The Bertz CT molecular complexity index is 1290. The van der Waals surface area contributed by atoms with Crippen LogP contribution in [0.4, 0.5) is 0 Å². The van der Waals surface area contributed by atoms with Crippen LogP contribution in [0, 0.1) is 13.8 Å². The average molecular weight is 378 g/mol. The van der Waals surface area contributed by atoms with Crippen molar-refractivity contribution in [3.63, 3.8) is 0 Å². The lowest BCUT2D eigenvalue weighted by molar-refractivity contribution is 1.40. The van der Waals surface area contributed by atoms with E-state index in [-0.39, 0.29) is 0 Å². The van der Waals surface area contributed by atoms with E-state index in [0.29, 0.717) is 0 Å². The van der Waals surface area contributed by atoms with Gasteiger partial charge in [-0.1, -0.05) is 92.7 Å². The molecule has 0 saturated carbocycles. The second-order valence-electron chi connectivity index (χ2n) is 7.19. The highest BCUT2D eigenvalue weighted by atomic mass is 14.7. The molecule has 0 aliphatic heterocycles. The quantitative estimate of drug-likeness (QED) is 0.318. The first-order chi connectivity index (χ1) is 14.2. The maximum Gasteiger partial charge on any atom is 0.0544 e. The minimum Gasteiger partial charge on any atom is -0.354 e. The number of rotatable bonds is 2. The van der Waals surface area contributed by atoms with Gasteiger partial charge in [-0.2, -0.15) is 0 Å². The Morgan fingerprint density at radius 2 is 1.07 bits per heavy atom. The monoisotopic (exact) mass is 377 g/mol. The Morgan fingerprint density at radius 1 is 0.517 bits per heavy atom. The lowest BCUT2D eigenvalue weighted by Crippen LogP contribution is -1.91. The van der Waals surface area contributed by atoms with E-state index in [1.807, 2.05) is 13.8 Å². The van der Waals surface area contributed by atoms with Crippen LogP contribution in [0.5, 0.6) is 0 Å². The summed E-state index contributed by atoms with van der Waals surface area (Å²) >= 11 is 0. The van der Waals surface area contributed by atoms with Gasteiger partial charge >= 0.3 is 0 Å². The zero-order chi connectivity index (χ0) is 20.4. The first kappa shape index (κ1) is 19.0. The fourth-order valence-corrected chi connectivity index (χ4v) is 4.19. The summed E-state index contributed by atoms with van der Waals surface area (Å²) in [5, 5.41) is 2.56. The molecular formula is C28H27N. The van der Waals surface area contributed by atoms with Crippen LogP contribution in [0.1, 0.15) is 25.0 Å². The average Bonchev–Trinajstić information content (AvgIpc) is 3.15. The van der Waals surface area contributed by atoms with Crippen LogP contribution < -0.4 is 0 Å². The zero-order valence-electron chi connectivity index (χ0n) is 17.6. The first-order valence-electron chi connectivity index (χ1n) is 10.4. The Kier molecular flexibility index (Phi) is 5.22. The summed E-state index contributed by atoms with van der Waals surface area (Å²) in [6.07, 6.45) is 0. The van der Waals surface area contributed by atoms with E-state index < -0.39 is 0 Å². The van der Waals surface area contributed by atoms with E-state index in [9.17, 15) is 0 Å². The molecule has 144 valence electrons. The van der Waals surface area contributed by atoms with Crippen molar-refractivity contribution >= 4 is 21.8 Å². The molecule has 0 saturated heterocycles. The molecule has 0 bridgehead atoms. The summed E-state index contributed by atoms with van der Waals surface area (Å²) in [6, 6.07) is 30.4. The van der Waals surface area contributed by atoms with Crippen LogP contribution >= 0.6 is 0 Å². The van der Waals surface area contributed by atoms with Crippen molar-refractivity contribution in [3.8, 4) is 22.3 Å². The Morgan fingerprint density at radius 3 is 1.86 bits per heavy atom. The van der Waals surface area contributed by atoms with Gasteiger partial charge in [0.15, 0.2) is 0 Å². The zero-order valence-corrected chi connectivity index (χ0v) is 17.6. The van der Waals surface area contributed by atoms with E-state index in [2.05, 4.69) is 104 Å². The van der Waals surface area contributed by atoms with Gasteiger partial charge in [0.2, 0.25) is 0 Å². The number of H-pyrrole nitrogens is 1. The highest BCUT2D eigenvalue weighted by Gasteiger charge is 2.13. The summed E-state index contributed by atoms with van der Waals surface area (Å²) < 4.78 is 0. The number of fused-ring (bicyclic) bond motifs is 3. The smallest absolute Gasteiger partial charge is 0.0544 e. The number of aromatic amines is 1. The third-order valence-electron chi connectivity index (χ3n) is 5.60. The number of aromatic nitrogens is 1. The fourth-order valence-electron chi connectivity index (χ4n) is 4.19. The number of hydrogen-bond donors (Lipinski definition) is 1. The van der Waals surface area contributed by atoms with Gasteiger partial charge in [0.25, 0.3) is 0 Å². The van der Waals surface area contributed by atoms with Crippen molar-refractivity contribution in [1.29, 1.82) is 0 Å². The third kappa shape index (κ3) is 3.23. The summed E-state index contributed by atoms with van der Waals surface area (Å²) in [6.45, 7) is 8.42. The van der Waals surface area contributed by atoms with E-state index >= 15 is 0 Å². The summed E-state index contributed by atoms with van der Waals surface area (Å²) in [7, 11) is 0. The molecule has 0 spiro atoms. The number of nitrogens with one attached hydrogen (secondary N) is 1. The van der Waals surface area contributed by atoms with Gasteiger partial charge in [-0.05, 0) is 47.7 Å². The summed E-state index contributed by atoms with van der Waals surface area (Å²) in [5.74, 6) is 0. The molecule has 1 N–H and O–H groups in total. The van der Waals surface area contributed by atoms with Gasteiger partial charge in [-0.15, -0.1) is 0 Å². The Hall–Kier alpha value is -3.32. The van der Waals surface area contributed by atoms with Gasteiger partial charge < -0.3 is 4.98 Å². The van der Waals surface area contributed by atoms with Gasteiger partial charge in [-0.25, -0.2) is 0 Å².